The lowest BCUT2D eigenvalue weighted by Gasteiger charge is -2.20. The van der Waals surface area contributed by atoms with Gasteiger partial charge in [0.05, 0.1) is 18.8 Å². The van der Waals surface area contributed by atoms with E-state index in [2.05, 4.69) is 24.0 Å². The second-order valence-corrected chi connectivity index (χ2v) is 6.12. The van der Waals surface area contributed by atoms with Gasteiger partial charge in [-0.2, -0.15) is 0 Å². The van der Waals surface area contributed by atoms with Crippen molar-refractivity contribution in [2.45, 2.75) is 39.5 Å². The molecule has 0 aromatic carbocycles. The van der Waals surface area contributed by atoms with Crippen LogP contribution in [0.15, 0.2) is 12.1 Å². The highest BCUT2D eigenvalue weighted by Crippen LogP contribution is 2.16. The Morgan fingerprint density at radius 3 is 2.65 bits per heavy atom. The van der Waals surface area contributed by atoms with Gasteiger partial charge in [0.15, 0.2) is 0 Å². The number of hydrogen-bond acceptors (Lipinski definition) is 4. The monoisotopic (exact) mass is 257 g/mol. The second-order valence-electron chi connectivity index (χ2n) is 4.75. The number of aliphatic hydroxyl groups excluding tert-OH is 1. The van der Waals surface area contributed by atoms with Crippen LogP contribution >= 0.6 is 11.3 Å². The van der Waals surface area contributed by atoms with Crippen molar-refractivity contribution in [1.29, 1.82) is 0 Å². The Bertz CT molecular complexity index is 325. The van der Waals surface area contributed by atoms with Crippen LogP contribution in [0.5, 0.6) is 0 Å². The zero-order valence-corrected chi connectivity index (χ0v) is 12.0. The molecule has 98 valence electrons. The van der Waals surface area contributed by atoms with E-state index < -0.39 is 6.10 Å². The Morgan fingerprint density at radius 2 is 2.12 bits per heavy atom. The average molecular weight is 257 g/mol. The van der Waals surface area contributed by atoms with Crippen LogP contribution in [-0.4, -0.2) is 42.4 Å². The summed E-state index contributed by atoms with van der Waals surface area (Å²) in [5.41, 5.74) is 0. The Labute approximate surface area is 108 Å². The maximum atomic E-state index is 9.79. The fraction of sp³-hybridized carbons (Fsp3) is 0.692. The van der Waals surface area contributed by atoms with Crippen molar-refractivity contribution in [2.24, 2.45) is 0 Å². The number of aliphatic hydroxyl groups is 1. The summed E-state index contributed by atoms with van der Waals surface area (Å²) in [6.07, 6.45) is -0.238. The van der Waals surface area contributed by atoms with Crippen molar-refractivity contribution >= 4 is 11.3 Å². The molecule has 0 aliphatic rings. The van der Waals surface area contributed by atoms with Crippen molar-refractivity contribution in [1.82, 2.24) is 4.90 Å². The molecule has 0 spiro atoms. The fourth-order valence-corrected chi connectivity index (χ4v) is 2.59. The number of hydrogen-bond donors (Lipinski definition) is 1. The molecule has 0 aliphatic heterocycles. The quantitative estimate of drug-likeness (QED) is 0.813. The number of aryl methyl sites for hydroxylation is 1. The van der Waals surface area contributed by atoms with Crippen LogP contribution in [0.4, 0.5) is 0 Å². The highest BCUT2D eigenvalue weighted by atomic mass is 32.1. The zero-order chi connectivity index (χ0) is 12.8. The number of rotatable bonds is 7. The number of nitrogens with zero attached hydrogens (tertiary/aromatic N) is 1. The molecule has 1 aromatic heterocycles. The van der Waals surface area contributed by atoms with Crippen molar-refractivity contribution < 1.29 is 9.84 Å². The lowest BCUT2D eigenvalue weighted by molar-refractivity contribution is -0.00625. The van der Waals surface area contributed by atoms with Gasteiger partial charge in [0, 0.05) is 22.8 Å². The highest BCUT2D eigenvalue weighted by molar-refractivity contribution is 7.11. The molecule has 0 radical (unpaired) electrons. The zero-order valence-electron chi connectivity index (χ0n) is 11.1. The summed E-state index contributed by atoms with van der Waals surface area (Å²) in [7, 11) is 2.02. The SMILES string of the molecule is Cc1ccc(CN(C)CC(O)COC(C)C)s1. The molecule has 0 amide bonds. The van der Waals surface area contributed by atoms with Crippen LogP contribution in [0.2, 0.25) is 0 Å². The van der Waals surface area contributed by atoms with Crippen molar-refractivity contribution in [3.63, 3.8) is 0 Å². The molecule has 1 unspecified atom stereocenters. The minimum absolute atomic E-state index is 0.176. The predicted molar refractivity (Wildman–Crippen MR) is 72.5 cm³/mol. The van der Waals surface area contributed by atoms with Crippen LogP contribution in [0, 0.1) is 6.92 Å². The van der Waals surface area contributed by atoms with E-state index in [1.165, 1.54) is 9.75 Å². The summed E-state index contributed by atoms with van der Waals surface area (Å²) >= 11 is 1.81. The van der Waals surface area contributed by atoms with Crippen LogP contribution < -0.4 is 0 Å². The first-order valence-electron chi connectivity index (χ1n) is 6.01. The van der Waals surface area contributed by atoms with Gasteiger partial charge in [0.25, 0.3) is 0 Å². The molecular weight excluding hydrogens is 234 g/mol. The molecule has 0 saturated carbocycles. The highest BCUT2D eigenvalue weighted by Gasteiger charge is 2.10. The summed E-state index contributed by atoms with van der Waals surface area (Å²) in [5, 5.41) is 9.79. The molecule has 0 saturated heterocycles. The smallest absolute Gasteiger partial charge is 0.0900 e. The van der Waals surface area contributed by atoms with Crippen LogP contribution in [-0.2, 0) is 11.3 Å². The molecule has 3 nitrogen and oxygen atoms in total. The average Bonchev–Trinajstić information content (AvgIpc) is 2.60. The lowest BCUT2D eigenvalue weighted by Crippen LogP contribution is -2.32. The largest absolute Gasteiger partial charge is 0.389 e. The maximum Gasteiger partial charge on any atom is 0.0900 e. The van der Waals surface area contributed by atoms with Crippen molar-refractivity contribution in [3.05, 3.63) is 21.9 Å². The Kier molecular flexibility index (Phi) is 6.12. The van der Waals surface area contributed by atoms with E-state index in [4.69, 9.17) is 4.74 Å². The third-order valence-corrected chi connectivity index (χ3v) is 3.35. The van der Waals surface area contributed by atoms with Gasteiger partial charge < -0.3 is 9.84 Å². The van der Waals surface area contributed by atoms with E-state index in [1.807, 2.05) is 20.9 Å². The summed E-state index contributed by atoms with van der Waals surface area (Å²) in [6.45, 7) is 8.00. The van der Waals surface area contributed by atoms with E-state index in [0.29, 0.717) is 13.2 Å². The van der Waals surface area contributed by atoms with E-state index in [0.717, 1.165) is 6.54 Å². The standard InChI is InChI=1S/C13H23NO2S/c1-10(2)16-9-12(15)7-14(4)8-13-6-5-11(3)17-13/h5-6,10,12,15H,7-9H2,1-4H3. The first kappa shape index (κ1) is 14.6. The molecule has 1 heterocycles. The molecule has 0 aliphatic carbocycles. The fourth-order valence-electron chi connectivity index (χ4n) is 1.62. The van der Waals surface area contributed by atoms with Gasteiger partial charge in [-0.15, -0.1) is 11.3 Å². The number of thiophene rings is 1. The summed E-state index contributed by atoms with van der Waals surface area (Å²) in [6, 6.07) is 4.28. The van der Waals surface area contributed by atoms with Crippen LogP contribution in [0.1, 0.15) is 23.6 Å². The Morgan fingerprint density at radius 1 is 1.41 bits per heavy atom. The molecule has 1 N–H and O–H groups in total. The molecule has 4 heteroatoms. The second kappa shape index (κ2) is 7.11. The third-order valence-electron chi connectivity index (χ3n) is 2.37. The van der Waals surface area contributed by atoms with Gasteiger partial charge in [0.2, 0.25) is 0 Å². The first-order chi connectivity index (χ1) is 7.97. The van der Waals surface area contributed by atoms with Gasteiger partial charge in [-0.3, -0.25) is 4.90 Å². The molecule has 1 aromatic rings. The maximum absolute atomic E-state index is 9.79. The first-order valence-corrected chi connectivity index (χ1v) is 6.82. The molecular formula is C13H23NO2S. The van der Waals surface area contributed by atoms with E-state index in [9.17, 15) is 5.11 Å². The molecule has 1 atom stereocenters. The summed E-state index contributed by atoms with van der Waals surface area (Å²) in [4.78, 5) is 4.79. The Hall–Kier alpha value is -0.420. The predicted octanol–water partition coefficient (Wildman–Crippen LogP) is 2.27. The van der Waals surface area contributed by atoms with E-state index in [1.54, 1.807) is 11.3 Å². The van der Waals surface area contributed by atoms with Gasteiger partial charge in [0.1, 0.15) is 0 Å². The lowest BCUT2D eigenvalue weighted by atomic mass is 10.3. The molecule has 17 heavy (non-hydrogen) atoms. The van der Waals surface area contributed by atoms with Crippen LogP contribution in [0.3, 0.4) is 0 Å². The van der Waals surface area contributed by atoms with Crippen LogP contribution in [0.25, 0.3) is 0 Å². The number of likely N-dealkylation sites (N-methyl/N-ethyl adjacent to an activating group) is 1. The van der Waals surface area contributed by atoms with E-state index in [-0.39, 0.29) is 6.10 Å². The molecule has 1 rings (SSSR count). The minimum atomic E-state index is -0.413. The van der Waals surface area contributed by atoms with Crippen molar-refractivity contribution in [2.75, 3.05) is 20.2 Å². The van der Waals surface area contributed by atoms with Crippen molar-refractivity contribution in [3.8, 4) is 0 Å². The summed E-state index contributed by atoms with van der Waals surface area (Å²) in [5.74, 6) is 0. The van der Waals surface area contributed by atoms with Gasteiger partial charge >= 0.3 is 0 Å². The van der Waals surface area contributed by atoms with Gasteiger partial charge in [-0.1, -0.05) is 0 Å². The molecule has 0 bridgehead atoms. The third kappa shape index (κ3) is 6.17. The van der Waals surface area contributed by atoms with E-state index >= 15 is 0 Å². The Balaban J connectivity index is 2.26. The topological polar surface area (TPSA) is 32.7 Å². The molecule has 0 fully saturated rings. The number of ether oxygens (including phenoxy) is 1. The normalized spacial score (nSPS) is 13.6. The summed E-state index contributed by atoms with van der Waals surface area (Å²) < 4.78 is 5.38. The van der Waals surface area contributed by atoms with Gasteiger partial charge in [-0.25, -0.2) is 0 Å². The minimum Gasteiger partial charge on any atom is -0.389 e. The van der Waals surface area contributed by atoms with Gasteiger partial charge in [-0.05, 0) is 40.0 Å².